The van der Waals surface area contributed by atoms with Crippen LogP contribution in [0.25, 0.3) is 0 Å². The molecule has 1 aromatic heterocycles. The highest BCUT2D eigenvalue weighted by Crippen LogP contribution is 2.20. The number of alkyl halides is 1. The van der Waals surface area contributed by atoms with Crippen LogP contribution in [0, 0.1) is 6.92 Å². The first kappa shape index (κ1) is 14.2. The molecule has 0 unspecified atom stereocenters. The lowest BCUT2D eigenvalue weighted by atomic mass is 10.2. The van der Waals surface area contributed by atoms with Crippen LogP contribution in [-0.2, 0) is 5.88 Å². The molecule has 4 heteroatoms. The average Bonchev–Trinajstić information content (AvgIpc) is 2.56. The van der Waals surface area contributed by atoms with E-state index >= 15 is 0 Å². The van der Waals surface area contributed by atoms with Crippen LogP contribution >= 0.6 is 11.6 Å². The number of nitrogens with zero attached hydrogens (tertiary/aromatic N) is 3. The van der Waals surface area contributed by atoms with Gasteiger partial charge in [0.1, 0.15) is 5.82 Å². The molecule has 0 spiro atoms. The summed E-state index contributed by atoms with van der Waals surface area (Å²) in [6, 6.07) is 14.8. The van der Waals surface area contributed by atoms with Crippen LogP contribution in [0.4, 0.5) is 11.5 Å². The third-order valence-electron chi connectivity index (χ3n) is 4.05. The third kappa shape index (κ3) is 3.13. The van der Waals surface area contributed by atoms with E-state index in [9.17, 15) is 0 Å². The number of aromatic nitrogens is 1. The Morgan fingerprint density at radius 3 is 2.24 bits per heavy atom. The summed E-state index contributed by atoms with van der Waals surface area (Å²) in [5, 5.41) is 0. The van der Waals surface area contributed by atoms with Crippen LogP contribution in [0.5, 0.6) is 0 Å². The molecule has 1 aliphatic heterocycles. The van der Waals surface area contributed by atoms with E-state index < -0.39 is 0 Å². The van der Waals surface area contributed by atoms with Gasteiger partial charge in [-0.15, -0.1) is 11.6 Å². The maximum absolute atomic E-state index is 5.90. The molecule has 0 N–H and O–H groups in total. The summed E-state index contributed by atoms with van der Waals surface area (Å²) in [5.74, 6) is 1.59. The Labute approximate surface area is 131 Å². The fraction of sp³-hybridized carbons (Fsp3) is 0.353. The minimum atomic E-state index is 0.529. The Bertz CT molecular complexity index is 592. The summed E-state index contributed by atoms with van der Waals surface area (Å²) >= 11 is 5.90. The van der Waals surface area contributed by atoms with Gasteiger partial charge in [-0.1, -0.05) is 24.3 Å². The number of rotatable bonds is 3. The number of pyridine rings is 1. The van der Waals surface area contributed by atoms with Gasteiger partial charge in [0.05, 0.1) is 0 Å². The highest BCUT2D eigenvalue weighted by atomic mass is 35.5. The zero-order valence-corrected chi connectivity index (χ0v) is 13.1. The summed E-state index contributed by atoms with van der Waals surface area (Å²) in [5.41, 5.74) is 3.45. The highest BCUT2D eigenvalue weighted by molar-refractivity contribution is 6.17. The van der Waals surface area contributed by atoms with Crippen molar-refractivity contribution in [1.82, 2.24) is 4.98 Å². The van der Waals surface area contributed by atoms with E-state index in [1.165, 1.54) is 5.69 Å². The molecule has 2 aromatic rings. The number of anilines is 2. The molecular weight excluding hydrogens is 282 g/mol. The number of piperazine rings is 1. The van der Waals surface area contributed by atoms with Crippen molar-refractivity contribution < 1.29 is 0 Å². The lowest BCUT2D eigenvalue weighted by Gasteiger charge is -2.36. The Hall–Kier alpha value is -1.74. The van der Waals surface area contributed by atoms with Gasteiger partial charge in [0.15, 0.2) is 0 Å². The van der Waals surface area contributed by atoms with Crippen molar-refractivity contribution in [2.45, 2.75) is 12.8 Å². The van der Waals surface area contributed by atoms with Crippen molar-refractivity contribution >= 4 is 23.1 Å². The summed E-state index contributed by atoms with van der Waals surface area (Å²) < 4.78 is 0. The lowest BCUT2D eigenvalue weighted by Crippen LogP contribution is -2.46. The maximum Gasteiger partial charge on any atom is 0.128 e. The highest BCUT2D eigenvalue weighted by Gasteiger charge is 2.18. The number of halogens is 1. The third-order valence-corrected chi connectivity index (χ3v) is 4.34. The molecule has 110 valence electrons. The molecule has 3 nitrogen and oxygen atoms in total. The standard InChI is InChI=1S/C17H20ClN3/c1-14-15(13-18)7-8-17(19-14)21-11-9-20(10-12-21)16-5-3-2-4-6-16/h2-8H,9-13H2,1H3. The molecular formula is C17H20ClN3. The molecule has 3 rings (SSSR count). The zero-order valence-electron chi connectivity index (χ0n) is 12.3. The first-order chi connectivity index (χ1) is 10.3. The van der Waals surface area contributed by atoms with Crippen LogP contribution in [0.1, 0.15) is 11.3 Å². The summed E-state index contributed by atoms with van der Waals surface area (Å²) in [6.45, 7) is 6.09. The van der Waals surface area contributed by atoms with Gasteiger partial charge in [0.2, 0.25) is 0 Å². The molecule has 21 heavy (non-hydrogen) atoms. The Balaban J connectivity index is 1.67. The Kier molecular flexibility index (Phi) is 4.30. The van der Waals surface area contributed by atoms with Gasteiger partial charge in [-0.3, -0.25) is 0 Å². The SMILES string of the molecule is Cc1nc(N2CCN(c3ccccc3)CC2)ccc1CCl. The number of hydrogen-bond acceptors (Lipinski definition) is 3. The van der Waals surface area contributed by atoms with Gasteiger partial charge >= 0.3 is 0 Å². The second kappa shape index (κ2) is 6.35. The van der Waals surface area contributed by atoms with Crippen molar-refractivity contribution in [3.8, 4) is 0 Å². The van der Waals surface area contributed by atoms with E-state index in [0.717, 1.165) is 43.3 Å². The Morgan fingerprint density at radius 2 is 1.62 bits per heavy atom. The van der Waals surface area contributed by atoms with Gasteiger partial charge in [-0.25, -0.2) is 4.98 Å². The number of benzene rings is 1. The molecule has 0 atom stereocenters. The fourth-order valence-electron chi connectivity index (χ4n) is 2.73. The molecule has 2 heterocycles. The molecule has 1 aromatic carbocycles. The monoisotopic (exact) mass is 301 g/mol. The van der Waals surface area contributed by atoms with Crippen LogP contribution < -0.4 is 9.80 Å². The van der Waals surface area contributed by atoms with Crippen LogP contribution in [0.15, 0.2) is 42.5 Å². The number of aryl methyl sites for hydroxylation is 1. The quantitative estimate of drug-likeness (QED) is 0.810. The van der Waals surface area contributed by atoms with Gasteiger partial charge in [-0.05, 0) is 30.7 Å². The minimum absolute atomic E-state index is 0.529. The van der Waals surface area contributed by atoms with Crippen molar-refractivity contribution in [2.75, 3.05) is 36.0 Å². The first-order valence-corrected chi connectivity index (χ1v) is 7.89. The molecule has 0 radical (unpaired) electrons. The normalized spacial score (nSPS) is 15.3. The van der Waals surface area contributed by atoms with Crippen molar-refractivity contribution in [3.63, 3.8) is 0 Å². The molecule has 0 aliphatic carbocycles. The number of hydrogen-bond donors (Lipinski definition) is 0. The van der Waals surface area contributed by atoms with Gasteiger partial charge in [0, 0.05) is 43.4 Å². The molecule has 0 amide bonds. The van der Waals surface area contributed by atoms with Crippen molar-refractivity contribution in [3.05, 3.63) is 53.7 Å². The summed E-state index contributed by atoms with van der Waals surface area (Å²) in [4.78, 5) is 9.47. The molecule has 1 saturated heterocycles. The van der Waals surface area contributed by atoms with E-state index in [0.29, 0.717) is 5.88 Å². The molecule has 0 bridgehead atoms. The van der Waals surface area contributed by atoms with E-state index in [1.54, 1.807) is 0 Å². The van der Waals surface area contributed by atoms with Gasteiger partial charge < -0.3 is 9.80 Å². The summed E-state index contributed by atoms with van der Waals surface area (Å²) in [6.07, 6.45) is 0. The van der Waals surface area contributed by atoms with Crippen molar-refractivity contribution in [1.29, 1.82) is 0 Å². The molecule has 1 fully saturated rings. The predicted octanol–water partition coefficient (Wildman–Crippen LogP) is 3.46. The largest absolute Gasteiger partial charge is 0.368 e. The maximum atomic E-state index is 5.90. The summed E-state index contributed by atoms with van der Waals surface area (Å²) in [7, 11) is 0. The fourth-order valence-corrected chi connectivity index (χ4v) is 3.01. The van der Waals surface area contributed by atoms with E-state index in [1.807, 2.05) is 6.92 Å². The average molecular weight is 302 g/mol. The van der Waals surface area contributed by atoms with Crippen molar-refractivity contribution in [2.24, 2.45) is 0 Å². The van der Waals surface area contributed by atoms with Crippen LogP contribution in [-0.4, -0.2) is 31.2 Å². The Morgan fingerprint density at radius 1 is 0.952 bits per heavy atom. The lowest BCUT2D eigenvalue weighted by molar-refractivity contribution is 0.646. The molecule has 1 aliphatic rings. The van der Waals surface area contributed by atoms with Crippen LogP contribution in [0.2, 0.25) is 0 Å². The zero-order chi connectivity index (χ0) is 14.7. The smallest absolute Gasteiger partial charge is 0.128 e. The minimum Gasteiger partial charge on any atom is -0.368 e. The van der Waals surface area contributed by atoms with Gasteiger partial charge in [-0.2, -0.15) is 0 Å². The van der Waals surface area contributed by atoms with Gasteiger partial charge in [0.25, 0.3) is 0 Å². The van der Waals surface area contributed by atoms with Crippen LogP contribution in [0.3, 0.4) is 0 Å². The predicted molar refractivity (Wildman–Crippen MR) is 89.4 cm³/mol. The van der Waals surface area contributed by atoms with E-state index in [-0.39, 0.29) is 0 Å². The topological polar surface area (TPSA) is 19.4 Å². The first-order valence-electron chi connectivity index (χ1n) is 7.35. The van der Waals surface area contributed by atoms with E-state index in [4.69, 9.17) is 11.6 Å². The second-order valence-electron chi connectivity index (χ2n) is 5.36. The number of para-hydroxylation sites is 1. The second-order valence-corrected chi connectivity index (χ2v) is 5.62. The molecule has 0 saturated carbocycles. The van der Waals surface area contributed by atoms with E-state index in [2.05, 4.69) is 57.2 Å².